The lowest BCUT2D eigenvalue weighted by atomic mass is 10.2. The maximum Gasteiger partial charge on any atom is 0.269 e. The molecule has 0 radical (unpaired) electrons. The number of nitro benzene ring substituents is 1. The van der Waals surface area contributed by atoms with Gasteiger partial charge in [0.15, 0.2) is 5.96 Å². The topological polar surface area (TPSA) is 74.0 Å². The minimum atomic E-state index is -0.403. The van der Waals surface area contributed by atoms with Crippen LogP contribution in [0.25, 0.3) is 0 Å². The first-order valence-corrected chi connectivity index (χ1v) is 8.77. The number of nitrogens with one attached hydrogen (secondary N) is 1. The van der Waals surface area contributed by atoms with E-state index in [9.17, 15) is 14.5 Å². The molecule has 2 aromatic carbocycles. The molecule has 0 unspecified atom stereocenters. The van der Waals surface area contributed by atoms with Crippen LogP contribution in [-0.2, 0) is 6.54 Å². The third kappa shape index (κ3) is 5.31. The highest BCUT2D eigenvalue weighted by Crippen LogP contribution is 2.20. The molecule has 2 aromatic rings. The molecule has 1 N–H and O–H groups in total. The van der Waals surface area contributed by atoms with Crippen molar-refractivity contribution in [1.29, 1.82) is 0 Å². The van der Waals surface area contributed by atoms with Crippen molar-refractivity contribution < 1.29 is 9.31 Å². The van der Waals surface area contributed by atoms with Crippen LogP contribution < -0.4 is 10.2 Å². The second-order valence-corrected chi connectivity index (χ2v) is 6.25. The van der Waals surface area contributed by atoms with Gasteiger partial charge in [0.2, 0.25) is 0 Å². The fourth-order valence-electron chi connectivity index (χ4n) is 3.16. The smallest absolute Gasteiger partial charge is 0.269 e. The molecule has 1 fully saturated rings. The van der Waals surface area contributed by atoms with E-state index in [1.807, 2.05) is 17.0 Å². The van der Waals surface area contributed by atoms with Gasteiger partial charge in [-0.15, -0.1) is 24.0 Å². The Morgan fingerprint density at radius 3 is 2.54 bits per heavy atom. The molecule has 9 heteroatoms. The number of hydrogen-bond acceptors (Lipinski definition) is 4. The van der Waals surface area contributed by atoms with Crippen LogP contribution in [0.3, 0.4) is 0 Å². The third-order valence-corrected chi connectivity index (χ3v) is 4.56. The van der Waals surface area contributed by atoms with E-state index in [0.29, 0.717) is 38.4 Å². The average Bonchev–Trinajstić information content (AvgIpc) is 2.69. The summed E-state index contributed by atoms with van der Waals surface area (Å²) in [4.78, 5) is 18.9. The zero-order chi connectivity index (χ0) is 19.2. The Hall–Kier alpha value is -2.43. The fraction of sp³-hybridized carbons (Fsp3) is 0.316. The van der Waals surface area contributed by atoms with E-state index < -0.39 is 4.92 Å². The summed E-state index contributed by atoms with van der Waals surface area (Å²) in [6.45, 7) is 3.25. The predicted molar refractivity (Wildman–Crippen MR) is 119 cm³/mol. The van der Waals surface area contributed by atoms with Gasteiger partial charge in [-0.25, -0.2) is 4.39 Å². The second kappa shape index (κ2) is 10.2. The van der Waals surface area contributed by atoms with Crippen molar-refractivity contribution in [2.75, 3.05) is 38.1 Å². The van der Waals surface area contributed by atoms with E-state index in [0.717, 1.165) is 11.5 Å². The Kier molecular flexibility index (Phi) is 7.97. The van der Waals surface area contributed by atoms with E-state index in [-0.39, 0.29) is 35.5 Å². The highest BCUT2D eigenvalue weighted by molar-refractivity contribution is 14.0. The van der Waals surface area contributed by atoms with Crippen LogP contribution in [0.5, 0.6) is 0 Å². The molecule has 0 bridgehead atoms. The Morgan fingerprint density at radius 2 is 1.89 bits per heavy atom. The molecule has 0 atom stereocenters. The molecule has 0 aromatic heterocycles. The lowest BCUT2D eigenvalue weighted by Gasteiger charge is -2.37. The summed E-state index contributed by atoms with van der Waals surface area (Å²) in [6, 6.07) is 13.3. The number of piperazine rings is 1. The maximum absolute atomic E-state index is 14.0. The summed E-state index contributed by atoms with van der Waals surface area (Å²) >= 11 is 0. The Morgan fingerprint density at radius 1 is 1.18 bits per heavy atom. The molecule has 0 saturated carbocycles. The van der Waals surface area contributed by atoms with Gasteiger partial charge in [-0.2, -0.15) is 0 Å². The Balaban J connectivity index is 0.00000280. The van der Waals surface area contributed by atoms with Crippen molar-refractivity contribution in [3.8, 4) is 0 Å². The first-order chi connectivity index (χ1) is 13.1. The minimum absolute atomic E-state index is 0. The third-order valence-electron chi connectivity index (χ3n) is 4.56. The van der Waals surface area contributed by atoms with Gasteiger partial charge in [-0.1, -0.05) is 24.3 Å². The van der Waals surface area contributed by atoms with Crippen LogP contribution in [-0.4, -0.2) is 49.0 Å². The lowest BCUT2D eigenvalue weighted by Crippen LogP contribution is -2.52. The molecule has 1 aliphatic heterocycles. The quantitative estimate of drug-likeness (QED) is 0.230. The van der Waals surface area contributed by atoms with Gasteiger partial charge in [0.05, 0.1) is 10.6 Å². The van der Waals surface area contributed by atoms with Crippen molar-refractivity contribution in [3.63, 3.8) is 0 Å². The first kappa shape index (κ1) is 21.9. The van der Waals surface area contributed by atoms with Gasteiger partial charge in [0, 0.05) is 51.9 Å². The normalized spacial score (nSPS) is 14.4. The molecule has 0 spiro atoms. The number of halogens is 2. The number of hydrogen-bond donors (Lipinski definition) is 1. The van der Waals surface area contributed by atoms with Crippen LogP contribution in [0.1, 0.15) is 5.56 Å². The van der Waals surface area contributed by atoms with Crippen LogP contribution >= 0.6 is 24.0 Å². The Bertz CT molecular complexity index is 841. The van der Waals surface area contributed by atoms with Gasteiger partial charge in [0.25, 0.3) is 5.69 Å². The van der Waals surface area contributed by atoms with Crippen molar-refractivity contribution in [2.45, 2.75) is 6.54 Å². The maximum atomic E-state index is 14.0. The minimum Gasteiger partial charge on any atom is -0.366 e. The number of anilines is 1. The van der Waals surface area contributed by atoms with Crippen molar-refractivity contribution in [3.05, 3.63) is 70.0 Å². The summed E-state index contributed by atoms with van der Waals surface area (Å²) in [5.74, 6) is 0.522. The summed E-state index contributed by atoms with van der Waals surface area (Å²) in [6.07, 6.45) is 0. The van der Waals surface area contributed by atoms with E-state index in [4.69, 9.17) is 0 Å². The van der Waals surface area contributed by atoms with Crippen molar-refractivity contribution in [1.82, 2.24) is 10.2 Å². The molecule has 1 saturated heterocycles. The summed E-state index contributed by atoms with van der Waals surface area (Å²) < 4.78 is 14.0. The van der Waals surface area contributed by atoms with E-state index in [2.05, 4.69) is 15.2 Å². The van der Waals surface area contributed by atoms with E-state index in [1.165, 1.54) is 12.1 Å². The molecule has 3 rings (SSSR count). The lowest BCUT2D eigenvalue weighted by molar-refractivity contribution is -0.384. The largest absolute Gasteiger partial charge is 0.366 e. The number of para-hydroxylation sites is 1. The number of benzene rings is 2. The molecule has 7 nitrogen and oxygen atoms in total. The second-order valence-electron chi connectivity index (χ2n) is 6.25. The number of aliphatic imine (C=N–C) groups is 1. The monoisotopic (exact) mass is 499 g/mol. The highest BCUT2D eigenvalue weighted by atomic mass is 127. The number of nitrogens with zero attached hydrogens (tertiary/aromatic N) is 4. The summed E-state index contributed by atoms with van der Waals surface area (Å²) in [7, 11) is 1.71. The molecule has 1 heterocycles. The SMILES string of the molecule is CN=C(NCc1cccc([N+](=O)[O-])c1)N1CCN(c2ccccc2F)CC1.I. The van der Waals surface area contributed by atoms with Gasteiger partial charge >= 0.3 is 0 Å². The first-order valence-electron chi connectivity index (χ1n) is 8.77. The summed E-state index contributed by atoms with van der Waals surface area (Å²) in [5, 5.41) is 14.1. The van der Waals surface area contributed by atoms with E-state index in [1.54, 1.807) is 31.3 Å². The molecule has 1 aliphatic rings. The molecule has 150 valence electrons. The van der Waals surface area contributed by atoms with Gasteiger partial charge in [-0.3, -0.25) is 15.1 Å². The number of non-ortho nitro benzene ring substituents is 1. The molecule has 0 amide bonds. The zero-order valence-corrected chi connectivity index (χ0v) is 17.9. The predicted octanol–water partition coefficient (Wildman–Crippen LogP) is 3.25. The Labute approximate surface area is 180 Å². The molecular formula is C19H23FIN5O2. The summed E-state index contributed by atoms with van der Waals surface area (Å²) in [5.41, 5.74) is 1.51. The highest BCUT2D eigenvalue weighted by Gasteiger charge is 2.21. The molecule has 0 aliphatic carbocycles. The molecular weight excluding hydrogens is 476 g/mol. The van der Waals surface area contributed by atoms with Crippen molar-refractivity contribution in [2.24, 2.45) is 4.99 Å². The fourth-order valence-corrected chi connectivity index (χ4v) is 3.16. The average molecular weight is 499 g/mol. The zero-order valence-electron chi connectivity index (χ0n) is 15.5. The van der Waals surface area contributed by atoms with Gasteiger partial charge < -0.3 is 15.1 Å². The van der Waals surface area contributed by atoms with E-state index >= 15 is 0 Å². The number of nitro groups is 1. The van der Waals surface area contributed by atoms with Crippen LogP contribution in [0.15, 0.2) is 53.5 Å². The van der Waals surface area contributed by atoms with Crippen LogP contribution in [0, 0.1) is 15.9 Å². The van der Waals surface area contributed by atoms with Gasteiger partial charge in [-0.05, 0) is 17.7 Å². The van der Waals surface area contributed by atoms with Crippen LogP contribution in [0.4, 0.5) is 15.8 Å². The van der Waals surface area contributed by atoms with Crippen molar-refractivity contribution >= 4 is 41.3 Å². The number of guanidine groups is 1. The standard InChI is InChI=1S/C19H22FN5O2.HI/c1-21-19(22-14-15-5-4-6-16(13-15)25(26)27)24-11-9-23(10-12-24)18-8-3-2-7-17(18)20;/h2-8,13H,9-12,14H2,1H3,(H,21,22);1H. The van der Waals surface area contributed by atoms with Gasteiger partial charge in [0.1, 0.15) is 5.82 Å². The molecule has 28 heavy (non-hydrogen) atoms. The van der Waals surface area contributed by atoms with Crippen LogP contribution in [0.2, 0.25) is 0 Å². The number of rotatable bonds is 4.